The zero-order valence-corrected chi connectivity index (χ0v) is 10.4. The van der Waals surface area contributed by atoms with Gasteiger partial charge < -0.3 is 20.3 Å². The molecule has 1 aliphatic rings. The van der Waals surface area contributed by atoms with Gasteiger partial charge >= 0.3 is 5.69 Å². The van der Waals surface area contributed by atoms with Crippen molar-refractivity contribution in [2.75, 3.05) is 19.5 Å². The standard InChI is InChI=1S/C11H17N3O4/c1-6-4-14(11(16)13-10(6)12)9-3-7(17-2)8(5-15)18-9/h4,7-9,15H,3,5H2,1-2H3,(H2,12,13,16)/t7-,8?,9?/m0/s1. The normalized spacial score (nSPS) is 27.6. The topological polar surface area (TPSA) is 99.6 Å². The largest absolute Gasteiger partial charge is 0.394 e. The van der Waals surface area contributed by atoms with Crippen molar-refractivity contribution in [2.45, 2.75) is 31.8 Å². The maximum Gasteiger partial charge on any atom is 0.351 e. The number of methoxy groups -OCH3 is 1. The summed E-state index contributed by atoms with van der Waals surface area (Å²) in [6.07, 6.45) is 0.968. The Morgan fingerprint density at radius 1 is 1.72 bits per heavy atom. The summed E-state index contributed by atoms with van der Waals surface area (Å²) in [4.78, 5) is 15.5. The van der Waals surface area contributed by atoms with Crippen LogP contribution in [-0.4, -0.2) is 40.6 Å². The number of anilines is 1. The van der Waals surface area contributed by atoms with Gasteiger partial charge in [0.1, 0.15) is 18.1 Å². The molecule has 3 N–H and O–H groups in total. The quantitative estimate of drug-likeness (QED) is 0.750. The molecule has 0 aliphatic carbocycles. The number of hydrogen-bond donors (Lipinski definition) is 2. The second-order valence-electron chi connectivity index (χ2n) is 4.32. The zero-order valence-electron chi connectivity index (χ0n) is 10.4. The molecule has 3 atom stereocenters. The minimum absolute atomic E-state index is 0.148. The molecule has 1 aliphatic heterocycles. The van der Waals surface area contributed by atoms with Gasteiger partial charge in [0.25, 0.3) is 0 Å². The summed E-state index contributed by atoms with van der Waals surface area (Å²) in [5, 5.41) is 9.17. The number of ether oxygens (including phenoxy) is 2. The first-order chi connectivity index (χ1) is 8.56. The predicted molar refractivity (Wildman–Crippen MR) is 64.1 cm³/mol. The van der Waals surface area contributed by atoms with Gasteiger partial charge in [0.05, 0.1) is 12.7 Å². The Hall–Kier alpha value is -1.44. The lowest BCUT2D eigenvalue weighted by molar-refractivity contribution is -0.0535. The summed E-state index contributed by atoms with van der Waals surface area (Å²) in [6, 6.07) is 0. The van der Waals surface area contributed by atoms with E-state index in [1.807, 2.05) is 0 Å². The van der Waals surface area contributed by atoms with E-state index in [1.54, 1.807) is 20.2 Å². The molecular weight excluding hydrogens is 238 g/mol. The van der Waals surface area contributed by atoms with Crippen LogP contribution in [0.2, 0.25) is 0 Å². The van der Waals surface area contributed by atoms with Gasteiger partial charge in [0.15, 0.2) is 0 Å². The van der Waals surface area contributed by atoms with Crippen LogP contribution < -0.4 is 11.4 Å². The van der Waals surface area contributed by atoms with Gasteiger partial charge in [-0.25, -0.2) is 4.79 Å². The van der Waals surface area contributed by atoms with Gasteiger partial charge in [0.2, 0.25) is 0 Å². The van der Waals surface area contributed by atoms with Crippen molar-refractivity contribution >= 4 is 5.82 Å². The van der Waals surface area contributed by atoms with Crippen LogP contribution in [0.3, 0.4) is 0 Å². The number of aromatic nitrogens is 2. The number of nitrogens with zero attached hydrogens (tertiary/aromatic N) is 2. The van der Waals surface area contributed by atoms with Crippen LogP contribution in [0.1, 0.15) is 18.2 Å². The number of hydrogen-bond acceptors (Lipinski definition) is 6. The second kappa shape index (κ2) is 5.05. The summed E-state index contributed by atoms with van der Waals surface area (Å²) in [7, 11) is 1.55. The third-order valence-electron chi connectivity index (χ3n) is 3.15. The van der Waals surface area contributed by atoms with Crippen LogP contribution in [0.15, 0.2) is 11.0 Å². The molecule has 7 heteroatoms. The molecule has 100 valence electrons. The first-order valence-corrected chi connectivity index (χ1v) is 5.71. The lowest BCUT2D eigenvalue weighted by Crippen LogP contribution is -2.28. The molecule has 0 bridgehead atoms. The van der Waals surface area contributed by atoms with Crippen molar-refractivity contribution in [1.29, 1.82) is 0 Å². The molecule has 7 nitrogen and oxygen atoms in total. The summed E-state index contributed by atoms with van der Waals surface area (Å²) in [5.41, 5.74) is 5.81. The van der Waals surface area contributed by atoms with E-state index < -0.39 is 18.0 Å². The van der Waals surface area contributed by atoms with E-state index in [0.29, 0.717) is 12.0 Å². The molecule has 0 radical (unpaired) electrons. The fourth-order valence-electron chi connectivity index (χ4n) is 2.07. The smallest absolute Gasteiger partial charge is 0.351 e. The van der Waals surface area contributed by atoms with Crippen LogP contribution in [0, 0.1) is 6.92 Å². The van der Waals surface area contributed by atoms with Crippen molar-refractivity contribution in [3.8, 4) is 0 Å². The zero-order chi connectivity index (χ0) is 13.3. The highest BCUT2D eigenvalue weighted by Gasteiger charge is 2.36. The van der Waals surface area contributed by atoms with Gasteiger partial charge in [-0.3, -0.25) is 4.57 Å². The molecule has 2 heterocycles. The Bertz CT molecular complexity index is 476. The minimum atomic E-state index is -0.480. The number of rotatable bonds is 3. The van der Waals surface area contributed by atoms with Gasteiger partial charge in [-0.2, -0.15) is 4.98 Å². The average molecular weight is 255 g/mol. The lowest BCUT2D eigenvalue weighted by atomic mass is 10.2. The van der Waals surface area contributed by atoms with Gasteiger partial charge in [-0.1, -0.05) is 0 Å². The van der Waals surface area contributed by atoms with Crippen LogP contribution in [0.5, 0.6) is 0 Å². The molecule has 2 unspecified atom stereocenters. The molecule has 18 heavy (non-hydrogen) atoms. The van der Waals surface area contributed by atoms with E-state index in [9.17, 15) is 9.90 Å². The van der Waals surface area contributed by atoms with Crippen LogP contribution in [-0.2, 0) is 9.47 Å². The van der Waals surface area contributed by atoms with Crippen LogP contribution in [0.25, 0.3) is 0 Å². The van der Waals surface area contributed by atoms with E-state index >= 15 is 0 Å². The van der Waals surface area contributed by atoms with Gasteiger partial charge in [-0.15, -0.1) is 0 Å². The number of nitrogens with two attached hydrogens (primary N) is 1. The number of aryl methyl sites for hydroxylation is 1. The fourth-order valence-corrected chi connectivity index (χ4v) is 2.07. The fraction of sp³-hybridized carbons (Fsp3) is 0.636. The third-order valence-corrected chi connectivity index (χ3v) is 3.15. The third kappa shape index (κ3) is 2.24. The van der Waals surface area contributed by atoms with Crippen molar-refractivity contribution in [2.24, 2.45) is 0 Å². The lowest BCUT2D eigenvalue weighted by Gasteiger charge is -2.15. The minimum Gasteiger partial charge on any atom is -0.394 e. The highest BCUT2D eigenvalue weighted by molar-refractivity contribution is 5.35. The first kappa shape index (κ1) is 13.0. The molecule has 0 saturated carbocycles. The molecule has 0 amide bonds. The summed E-state index contributed by atoms with van der Waals surface area (Å²) < 4.78 is 12.2. The van der Waals surface area contributed by atoms with Crippen molar-refractivity contribution in [3.05, 3.63) is 22.2 Å². The number of nitrogen functional groups attached to an aromatic ring is 1. The molecule has 0 spiro atoms. The molecule has 1 aromatic rings. The van der Waals surface area contributed by atoms with Crippen molar-refractivity contribution < 1.29 is 14.6 Å². The highest BCUT2D eigenvalue weighted by atomic mass is 16.6. The van der Waals surface area contributed by atoms with Crippen LogP contribution >= 0.6 is 0 Å². The molecule has 1 fully saturated rings. The van der Waals surface area contributed by atoms with Crippen molar-refractivity contribution in [3.63, 3.8) is 0 Å². The SMILES string of the molecule is CO[C@H]1CC(n2cc(C)c(N)nc2=O)OC1CO. The summed E-state index contributed by atoms with van der Waals surface area (Å²) in [6.45, 7) is 1.62. The Morgan fingerprint density at radius 3 is 3.00 bits per heavy atom. The molecule has 1 saturated heterocycles. The van der Waals surface area contributed by atoms with E-state index in [0.717, 1.165) is 0 Å². The number of aliphatic hydroxyl groups is 1. The first-order valence-electron chi connectivity index (χ1n) is 5.71. The maximum atomic E-state index is 11.8. The van der Waals surface area contributed by atoms with Crippen molar-refractivity contribution in [1.82, 2.24) is 9.55 Å². The maximum absolute atomic E-state index is 11.8. The molecular formula is C11H17N3O4. The predicted octanol–water partition coefficient (Wildman–Crippen LogP) is -0.571. The molecule has 2 rings (SSSR count). The highest BCUT2D eigenvalue weighted by Crippen LogP contribution is 2.29. The Morgan fingerprint density at radius 2 is 2.44 bits per heavy atom. The van der Waals surface area contributed by atoms with E-state index in [1.165, 1.54) is 4.57 Å². The average Bonchev–Trinajstić information content (AvgIpc) is 2.76. The van der Waals surface area contributed by atoms with E-state index in [4.69, 9.17) is 15.2 Å². The van der Waals surface area contributed by atoms with Crippen LogP contribution in [0.4, 0.5) is 5.82 Å². The Labute approximate surface area is 104 Å². The molecule has 1 aromatic heterocycles. The number of aliphatic hydroxyl groups excluding tert-OH is 1. The summed E-state index contributed by atoms with van der Waals surface area (Å²) >= 11 is 0. The van der Waals surface area contributed by atoms with Gasteiger partial charge in [0, 0.05) is 25.3 Å². The van der Waals surface area contributed by atoms with E-state index in [-0.39, 0.29) is 18.5 Å². The van der Waals surface area contributed by atoms with E-state index in [2.05, 4.69) is 4.98 Å². The summed E-state index contributed by atoms with van der Waals surface area (Å²) in [5.74, 6) is 0.219. The van der Waals surface area contributed by atoms with Gasteiger partial charge in [-0.05, 0) is 6.92 Å². The second-order valence-corrected chi connectivity index (χ2v) is 4.32. The Balaban J connectivity index is 2.28. The monoisotopic (exact) mass is 255 g/mol. The molecule has 0 aromatic carbocycles. The Kier molecular flexibility index (Phi) is 3.65.